The normalized spacial score (nSPS) is 12.7. The third-order valence-corrected chi connectivity index (χ3v) is 4.24. The number of aliphatic carboxylic acids is 1. The maximum absolute atomic E-state index is 12.3. The van der Waals surface area contributed by atoms with E-state index in [4.69, 9.17) is 14.6 Å². The van der Waals surface area contributed by atoms with Crippen LogP contribution in [0.4, 0.5) is 5.69 Å². The number of nitrogens with zero attached hydrogens (tertiary/aromatic N) is 1. The Morgan fingerprint density at radius 3 is 2.63 bits per heavy atom. The number of amides is 2. The Balaban J connectivity index is 1.63. The van der Waals surface area contributed by atoms with Crippen LogP contribution in [0.1, 0.15) is 28.4 Å². The van der Waals surface area contributed by atoms with Crippen LogP contribution in [-0.4, -0.2) is 41.2 Å². The third kappa shape index (κ3) is 5.01. The lowest BCUT2D eigenvalue weighted by molar-refractivity contribution is -0.384. The molecular formula is C19H17N3O8. The number of carboxylic acids is 1. The number of nitro groups is 1. The number of benzene rings is 2. The van der Waals surface area contributed by atoms with E-state index in [0.717, 1.165) is 6.07 Å². The molecule has 0 spiro atoms. The van der Waals surface area contributed by atoms with Gasteiger partial charge in [0.15, 0.2) is 11.5 Å². The second kappa shape index (κ2) is 8.90. The molecule has 3 rings (SSSR count). The van der Waals surface area contributed by atoms with Crippen LogP contribution >= 0.6 is 0 Å². The van der Waals surface area contributed by atoms with Crippen LogP contribution in [0, 0.1) is 10.1 Å². The molecule has 2 aromatic rings. The van der Waals surface area contributed by atoms with Crippen molar-refractivity contribution in [3.05, 3.63) is 63.7 Å². The SMILES string of the molecule is O=C(O)CC(NC(=O)CNC(=O)c1cccc([N+](=O)[O-])c1)c1ccc2c(c1)OCO2. The van der Waals surface area contributed by atoms with Gasteiger partial charge in [-0.05, 0) is 23.8 Å². The van der Waals surface area contributed by atoms with Crippen LogP contribution in [-0.2, 0) is 9.59 Å². The Labute approximate surface area is 169 Å². The van der Waals surface area contributed by atoms with Crippen molar-refractivity contribution in [2.45, 2.75) is 12.5 Å². The first-order valence-corrected chi connectivity index (χ1v) is 8.77. The van der Waals surface area contributed by atoms with E-state index in [2.05, 4.69) is 10.6 Å². The zero-order chi connectivity index (χ0) is 21.7. The molecule has 1 aliphatic rings. The van der Waals surface area contributed by atoms with E-state index in [-0.39, 0.29) is 24.5 Å². The Bertz CT molecular complexity index is 1010. The van der Waals surface area contributed by atoms with Crippen molar-refractivity contribution >= 4 is 23.5 Å². The molecule has 1 atom stereocenters. The van der Waals surface area contributed by atoms with E-state index in [1.54, 1.807) is 18.2 Å². The number of carbonyl (C=O) groups excluding carboxylic acids is 2. The fourth-order valence-corrected chi connectivity index (χ4v) is 2.83. The number of non-ortho nitro benzene ring substituents is 1. The summed E-state index contributed by atoms with van der Waals surface area (Å²) >= 11 is 0. The minimum absolute atomic E-state index is 0.0230. The molecule has 0 radical (unpaired) electrons. The molecule has 11 heteroatoms. The van der Waals surface area contributed by atoms with E-state index in [9.17, 15) is 24.5 Å². The molecule has 156 valence electrons. The zero-order valence-electron chi connectivity index (χ0n) is 15.5. The summed E-state index contributed by atoms with van der Waals surface area (Å²) in [6.45, 7) is -0.388. The van der Waals surface area contributed by atoms with Crippen LogP contribution in [0.3, 0.4) is 0 Å². The lowest BCUT2D eigenvalue weighted by atomic mass is 10.0. The van der Waals surface area contributed by atoms with E-state index in [1.165, 1.54) is 18.2 Å². The van der Waals surface area contributed by atoms with Crippen LogP contribution in [0.15, 0.2) is 42.5 Å². The molecule has 0 aromatic heterocycles. The number of ether oxygens (including phenoxy) is 2. The monoisotopic (exact) mass is 415 g/mol. The Hall–Kier alpha value is -4.15. The number of fused-ring (bicyclic) bond motifs is 1. The van der Waals surface area contributed by atoms with Gasteiger partial charge in [0.05, 0.1) is 23.9 Å². The quantitative estimate of drug-likeness (QED) is 0.431. The van der Waals surface area contributed by atoms with Crippen LogP contribution < -0.4 is 20.1 Å². The molecule has 0 bridgehead atoms. The highest BCUT2D eigenvalue weighted by atomic mass is 16.7. The first-order chi connectivity index (χ1) is 14.3. The molecule has 1 unspecified atom stereocenters. The number of rotatable bonds is 8. The predicted molar refractivity (Wildman–Crippen MR) is 101 cm³/mol. The van der Waals surface area contributed by atoms with E-state index in [0.29, 0.717) is 17.1 Å². The van der Waals surface area contributed by atoms with Gasteiger partial charge in [0.2, 0.25) is 12.7 Å². The van der Waals surface area contributed by atoms with E-state index < -0.39 is 35.3 Å². The molecule has 2 amide bonds. The zero-order valence-corrected chi connectivity index (χ0v) is 15.5. The molecular weight excluding hydrogens is 398 g/mol. The van der Waals surface area contributed by atoms with Crippen molar-refractivity contribution in [2.75, 3.05) is 13.3 Å². The fourth-order valence-electron chi connectivity index (χ4n) is 2.83. The van der Waals surface area contributed by atoms with E-state index in [1.807, 2.05) is 0 Å². The molecule has 0 aliphatic carbocycles. The average molecular weight is 415 g/mol. The molecule has 0 saturated heterocycles. The van der Waals surface area contributed by atoms with Gasteiger partial charge in [-0.2, -0.15) is 0 Å². The van der Waals surface area contributed by atoms with Crippen LogP contribution in [0.2, 0.25) is 0 Å². The molecule has 2 aromatic carbocycles. The minimum Gasteiger partial charge on any atom is -0.481 e. The van der Waals surface area contributed by atoms with Crippen molar-refractivity contribution in [1.82, 2.24) is 10.6 Å². The standard InChI is InChI=1S/C19H17N3O8/c23-17(9-20-19(26)12-2-1-3-13(6-12)22(27)28)21-14(8-18(24)25)11-4-5-15-16(7-11)30-10-29-15/h1-7,14H,8-10H2,(H,20,26)(H,21,23)(H,24,25). The second-order valence-electron chi connectivity index (χ2n) is 6.32. The van der Waals surface area contributed by atoms with Crippen molar-refractivity contribution < 1.29 is 33.9 Å². The molecule has 1 heterocycles. The van der Waals surface area contributed by atoms with E-state index >= 15 is 0 Å². The number of hydrogen-bond donors (Lipinski definition) is 3. The highest BCUT2D eigenvalue weighted by Gasteiger charge is 2.22. The smallest absolute Gasteiger partial charge is 0.305 e. The molecule has 0 fully saturated rings. The lowest BCUT2D eigenvalue weighted by Gasteiger charge is -2.18. The number of nitrogens with one attached hydrogen (secondary N) is 2. The molecule has 30 heavy (non-hydrogen) atoms. The number of nitro benzene ring substituents is 1. The first kappa shape index (κ1) is 20.6. The van der Waals surface area contributed by atoms with Crippen LogP contribution in [0.25, 0.3) is 0 Å². The summed E-state index contributed by atoms with van der Waals surface area (Å²) in [5.74, 6) is -1.47. The van der Waals surface area contributed by atoms with Crippen molar-refractivity contribution in [3.63, 3.8) is 0 Å². The van der Waals surface area contributed by atoms with Gasteiger partial charge < -0.3 is 25.2 Å². The van der Waals surface area contributed by atoms with Gasteiger partial charge in [0.25, 0.3) is 11.6 Å². The first-order valence-electron chi connectivity index (χ1n) is 8.77. The summed E-state index contributed by atoms with van der Waals surface area (Å²) in [6.07, 6.45) is -0.385. The van der Waals surface area contributed by atoms with Gasteiger partial charge in [-0.1, -0.05) is 12.1 Å². The molecule has 11 nitrogen and oxygen atoms in total. The summed E-state index contributed by atoms with van der Waals surface area (Å²) in [7, 11) is 0. The third-order valence-electron chi connectivity index (χ3n) is 4.24. The van der Waals surface area contributed by atoms with Gasteiger partial charge in [0.1, 0.15) is 0 Å². The summed E-state index contributed by atoms with van der Waals surface area (Å²) in [6, 6.07) is 9.01. The summed E-state index contributed by atoms with van der Waals surface area (Å²) < 4.78 is 10.5. The number of carbonyl (C=O) groups is 3. The van der Waals surface area contributed by atoms with Crippen LogP contribution in [0.5, 0.6) is 11.5 Å². The minimum atomic E-state index is -1.13. The van der Waals surface area contributed by atoms with Crippen molar-refractivity contribution in [1.29, 1.82) is 0 Å². The average Bonchev–Trinajstić information content (AvgIpc) is 3.19. The second-order valence-corrected chi connectivity index (χ2v) is 6.32. The maximum atomic E-state index is 12.3. The Morgan fingerprint density at radius 1 is 1.13 bits per heavy atom. The predicted octanol–water partition coefficient (Wildman–Crippen LogP) is 1.39. The number of carboxylic acid groups (broad SMARTS) is 1. The molecule has 3 N–H and O–H groups in total. The van der Waals surface area contributed by atoms with Gasteiger partial charge in [-0.3, -0.25) is 24.5 Å². The highest BCUT2D eigenvalue weighted by molar-refractivity contribution is 5.97. The van der Waals surface area contributed by atoms with Gasteiger partial charge >= 0.3 is 5.97 Å². The lowest BCUT2D eigenvalue weighted by Crippen LogP contribution is -2.39. The van der Waals surface area contributed by atoms with Crippen molar-refractivity contribution in [3.8, 4) is 11.5 Å². The number of hydrogen-bond acceptors (Lipinski definition) is 7. The topological polar surface area (TPSA) is 157 Å². The summed E-state index contributed by atoms with van der Waals surface area (Å²) in [4.78, 5) is 45.8. The highest BCUT2D eigenvalue weighted by Crippen LogP contribution is 2.34. The fraction of sp³-hybridized carbons (Fsp3) is 0.211. The summed E-state index contributed by atoms with van der Waals surface area (Å²) in [5, 5.41) is 24.9. The Morgan fingerprint density at radius 2 is 1.90 bits per heavy atom. The van der Waals surface area contributed by atoms with Gasteiger partial charge in [-0.15, -0.1) is 0 Å². The Kier molecular flexibility index (Phi) is 6.11. The molecule has 1 aliphatic heterocycles. The van der Waals surface area contributed by atoms with Gasteiger partial charge in [0, 0.05) is 17.7 Å². The molecule has 0 saturated carbocycles. The largest absolute Gasteiger partial charge is 0.481 e. The van der Waals surface area contributed by atoms with Gasteiger partial charge in [-0.25, -0.2) is 0 Å². The van der Waals surface area contributed by atoms with Crippen molar-refractivity contribution in [2.24, 2.45) is 0 Å². The summed E-state index contributed by atoms with van der Waals surface area (Å²) in [5.41, 5.74) is 0.270. The maximum Gasteiger partial charge on any atom is 0.305 e.